The highest BCUT2D eigenvalue weighted by Gasteiger charge is 2.32. The average molecular weight is 362 g/mol. The van der Waals surface area contributed by atoms with Crippen molar-refractivity contribution in [3.63, 3.8) is 0 Å². The van der Waals surface area contributed by atoms with E-state index in [1.807, 2.05) is 36.2 Å². The first kappa shape index (κ1) is 17.7. The third-order valence-electron chi connectivity index (χ3n) is 5.49. The van der Waals surface area contributed by atoms with Crippen LogP contribution in [0.1, 0.15) is 59.5 Å². The minimum absolute atomic E-state index is 0.129. The van der Waals surface area contributed by atoms with Gasteiger partial charge >= 0.3 is 0 Å². The monoisotopic (exact) mass is 362 g/mol. The molecule has 0 spiro atoms. The van der Waals surface area contributed by atoms with Crippen LogP contribution >= 0.6 is 0 Å². The smallest absolute Gasteiger partial charge is 0.254 e. The maximum atomic E-state index is 13.0. The summed E-state index contributed by atoms with van der Waals surface area (Å²) < 4.78 is 2.28. The Balaban J connectivity index is 1.62. The van der Waals surface area contributed by atoms with Crippen molar-refractivity contribution < 1.29 is 4.79 Å². The molecule has 0 unspecified atom stereocenters. The Hall–Kier alpha value is -2.69. The average Bonchev–Trinajstić information content (AvgIpc) is 3.25. The summed E-state index contributed by atoms with van der Waals surface area (Å²) in [6.07, 6.45) is 4.62. The highest BCUT2D eigenvalue weighted by atomic mass is 16.2. The fourth-order valence-electron chi connectivity index (χ4n) is 4.17. The number of carbonyl (C=O) groups excluding carboxylic acids is 1. The Morgan fingerprint density at radius 1 is 1.22 bits per heavy atom. The van der Waals surface area contributed by atoms with Crippen molar-refractivity contribution in [3.05, 3.63) is 59.2 Å². The van der Waals surface area contributed by atoms with E-state index in [1.54, 1.807) is 6.20 Å². The zero-order valence-electron chi connectivity index (χ0n) is 16.4. The number of hydrogen-bond donors (Lipinski definition) is 0. The van der Waals surface area contributed by atoms with E-state index >= 15 is 0 Å². The second-order valence-electron chi connectivity index (χ2n) is 7.85. The second-order valence-corrected chi connectivity index (χ2v) is 7.85. The van der Waals surface area contributed by atoms with Crippen LogP contribution in [0.5, 0.6) is 0 Å². The van der Waals surface area contributed by atoms with Gasteiger partial charge in [-0.2, -0.15) is 0 Å². The van der Waals surface area contributed by atoms with Crippen LogP contribution in [0.25, 0.3) is 11.0 Å². The van der Waals surface area contributed by atoms with Gasteiger partial charge in [0, 0.05) is 36.8 Å². The molecule has 1 saturated heterocycles. The van der Waals surface area contributed by atoms with E-state index in [9.17, 15) is 4.79 Å². The molecule has 0 N–H and O–H groups in total. The molecule has 27 heavy (non-hydrogen) atoms. The molecule has 1 atom stereocenters. The summed E-state index contributed by atoms with van der Waals surface area (Å²) in [4.78, 5) is 24.2. The quantitative estimate of drug-likeness (QED) is 0.699. The lowest BCUT2D eigenvalue weighted by Gasteiger charge is -2.19. The summed E-state index contributed by atoms with van der Waals surface area (Å²) in [6, 6.07) is 8.31. The maximum absolute atomic E-state index is 13.0. The number of amides is 1. The van der Waals surface area contributed by atoms with Crippen LogP contribution < -0.4 is 0 Å². The third-order valence-corrected chi connectivity index (χ3v) is 5.49. The van der Waals surface area contributed by atoms with Crippen LogP contribution in [-0.2, 0) is 0 Å². The summed E-state index contributed by atoms with van der Waals surface area (Å²) in [5.74, 6) is 1.46. The van der Waals surface area contributed by atoms with Gasteiger partial charge in [-0.15, -0.1) is 0 Å². The van der Waals surface area contributed by atoms with E-state index in [4.69, 9.17) is 4.98 Å². The Kier molecular flexibility index (Phi) is 4.46. The summed E-state index contributed by atoms with van der Waals surface area (Å²) in [5.41, 5.74) is 5.09. The Morgan fingerprint density at radius 3 is 2.78 bits per heavy atom. The van der Waals surface area contributed by atoms with Gasteiger partial charge in [0.15, 0.2) is 0 Å². The van der Waals surface area contributed by atoms with Crippen LogP contribution in [0.15, 0.2) is 36.7 Å². The molecule has 5 nitrogen and oxygen atoms in total. The predicted molar refractivity (Wildman–Crippen MR) is 107 cm³/mol. The molecule has 140 valence electrons. The van der Waals surface area contributed by atoms with Crippen molar-refractivity contribution in [1.82, 2.24) is 19.4 Å². The number of carbonyl (C=O) groups is 1. The van der Waals surface area contributed by atoms with Gasteiger partial charge < -0.3 is 9.47 Å². The summed E-state index contributed by atoms with van der Waals surface area (Å²) >= 11 is 0. The number of rotatable bonds is 3. The van der Waals surface area contributed by atoms with Crippen molar-refractivity contribution in [1.29, 1.82) is 0 Å². The molecule has 0 saturated carbocycles. The van der Waals surface area contributed by atoms with E-state index in [0.29, 0.717) is 6.04 Å². The van der Waals surface area contributed by atoms with Gasteiger partial charge in [-0.1, -0.05) is 17.7 Å². The zero-order valence-corrected chi connectivity index (χ0v) is 16.4. The number of aromatic nitrogens is 3. The minimum atomic E-state index is 0.129. The summed E-state index contributed by atoms with van der Waals surface area (Å²) in [6.45, 7) is 9.90. The zero-order chi connectivity index (χ0) is 19.1. The molecule has 5 heteroatoms. The number of nitrogens with zero attached hydrogens (tertiary/aromatic N) is 4. The van der Waals surface area contributed by atoms with Crippen molar-refractivity contribution in [2.45, 2.75) is 46.1 Å². The van der Waals surface area contributed by atoms with Gasteiger partial charge in [0.1, 0.15) is 5.82 Å². The van der Waals surface area contributed by atoms with Gasteiger partial charge in [-0.05, 0) is 51.8 Å². The van der Waals surface area contributed by atoms with Gasteiger partial charge in [0.2, 0.25) is 0 Å². The molecule has 1 amide bonds. The number of imidazole rings is 1. The van der Waals surface area contributed by atoms with Gasteiger partial charge in [0.05, 0.1) is 17.2 Å². The Labute approximate surface area is 160 Å². The molecule has 0 radical (unpaired) electrons. The van der Waals surface area contributed by atoms with Crippen LogP contribution in [0.4, 0.5) is 0 Å². The van der Waals surface area contributed by atoms with Crippen molar-refractivity contribution >= 4 is 16.9 Å². The molecule has 1 aliphatic rings. The van der Waals surface area contributed by atoms with E-state index in [2.05, 4.69) is 36.4 Å². The summed E-state index contributed by atoms with van der Waals surface area (Å²) in [5, 5.41) is 0. The lowest BCUT2D eigenvalue weighted by Crippen LogP contribution is -2.29. The van der Waals surface area contributed by atoms with Gasteiger partial charge in [-0.25, -0.2) is 4.98 Å². The van der Waals surface area contributed by atoms with Gasteiger partial charge in [0.25, 0.3) is 5.91 Å². The molecule has 4 rings (SSSR count). The lowest BCUT2D eigenvalue weighted by atomic mass is 10.0. The van der Waals surface area contributed by atoms with Crippen LogP contribution in [-0.4, -0.2) is 38.4 Å². The highest BCUT2D eigenvalue weighted by molar-refractivity contribution is 5.96. The van der Waals surface area contributed by atoms with Crippen molar-refractivity contribution in [3.8, 4) is 0 Å². The normalized spacial score (nSPS) is 17.2. The SMILES string of the molecule is Cc1ccc(C(=O)N2CC[C@H](c3nc4ccncc4n3C(C)C)C2)c(C)c1. The van der Waals surface area contributed by atoms with E-state index < -0.39 is 0 Å². The number of benzene rings is 1. The van der Waals surface area contributed by atoms with Crippen LogP contribution in [0, 0.1) is 13.8 Å². The number of pyridine rings is 1. The fourth-order valence-corrected chi connectivity index (χ4v) is 4.17. The number of hydrogen-bond acceptors (Lipinski definition) is 3. The predicted octanol–water partition coefficient (Wildman–Crippen LogP) is 4.26. The first-order valence-corrected chi connectivity index (χ1v) is 9.64. The highest BCUT2D eigenvalue weighted by Crippen LogP contribution is 2.32. The molecule has 2 aromatic heterocycles. The molecule has 3 aromatic rings. The molecular weight excluding hydrogens is 336 g/mol. The standard InChI is InChI=1S/C22H26N4O/c1-14(2)26-20-12-23-9-7-19(20)24-21(26)17-8-10-25(13-17)22(27)18-6-5-15(3)11-16(18)4/h5-7,9,11-12,14,17H,8,10,13H2,1-4H3/t17-/m0/s1. The van der Waals surface area contributed by atoms with Crippen molar-refractivity contribution in [2.24, 2.45) is 0 Å². The van der Waals surface area contributed by atoms with E-state index in [0.717, 1.165) is 47.5 Å². The summed E-state index contributed by atoms with van der Waals surface area (Å²) in [7, 11) is 0. The number of aryl methyl sites for hydroxylation is 2. The van der Waals surface area contributed by atoms with E-state index in [-0.39, 0.29) is 11.8 Å². The first-order chi connectivity index (χ1) is 13.0. The molecular formula is C22H26N4O. The molecule has 1 aliphatic heterocycles. The molecule has 1 fully saturated rings. The largest absolute Gasteiger partial charge is 0.338 e. The van der Waals surface area contributed by atoms with Crippen LogP contribution in [0.3, 0.4) is 0 Å². The molecule has 1 aromatic carbocycles. The molecule has 3 heterocycles. The lowest BCUT2D eigenvalue weighted by molar-refractivity contribution is 0.0789. The fraction of sp³-hybridized carbons (Fsp3) is 0.409. The van der Waals surface area contributed by atoms with Gasteiger partial charge in [-0.3, -0.25) is 9.78 Å². The number of likely N-dealkylation sites (tertiary alicyclic amines) is 1. The second kappa shape index (κ2) is 6.80. The van der Waals surface area contributed by atoms with E-state index in [1.165, 1.54) is 5.56 Å². The third kappa shape index (κ3) is 3.11. The molecule has 0 aliphatic carbocycles. The number of fused-ring (bicyclic) bond motifs is 1. The van der Waals surface area contributed by atoms with Crippen LogP contribution in [0.2, 0.25) is 0 Å². The Morgan fingerprint density at radius 2 is 2.04 bits per heavy atom. The minimum Gasteiger partial charge on any atom is -0.338 e. The van der Waals surface area contributed by atoms with Crippen molar-refractivity contribution in [2.75, 3.05) is 13.1 Å². The topological polar surface area (TPSA) is 51.0 Å². The first-order valence-electron chi connectivity index (χ1n) is 9.64. The maximum Gasteiger partial charge on any atom is 0.254 e. The Bertz CT molecular complexity index is 1000. The molecule has 0 bridgehead atoms.